The summed E-state index contributed by atoms with van der Waals surface area (Å²) in [6, 6.07) is 12.1. The Balaban J connectivity index is 1.95. The minimum absolute atomic E-state index is 0.0206. The van der Waals surface area contributed by atoms with E-state index in [-0.39, 0.29) is 11.1 Å². The van der Waals surface area contributed by atoms with Crippen LogP contribution in [0.2, 0.25) is 5.02 Å². The lowest BCUT2D eigenvalue weighted by Gasteiger charge is -2.27. The summed E-state index contributed by atoms with van der Waals surface area (Å²) in [7, 11) is 0. The minimum Gasteiger partial charge on any atom is -0.507 e. The molecule has 0 saturated carbocycles. The molecule has 3 nitrogen and oxygen atoms in total. The van der Waals surface area contributed by atoms with Crippen molar-refractivity contribution in [2.24, 2.45) is 5.89 Å². The molecule has 0 aromatic heterocycles. The zero-order valence-corrected chi connectivity index (χ0v) is 14.3. The van der Waals surface area contributed by atoms with Crippen molar-refractivity contribution in [3.8, 4) is 0 Å². The molecule has 1 unspecified atom stereocenters. The Morgan fingerprint density at radius 1 is 1.04 bits per heavy atom. The molecule has 0 heterocycles. The van der Waals surface area contributed by atoms with Crippen LogP contribution in [0.15, 0.2) is 60.2 Å². The molecular formula is C22H17ClO3. The number of allylic oxidation sites excluding steroid dienone is 3. The Morgan fingerprint density at radius 2 is 1.73 bits per heavy atom. The summed E-state index contributed by atoms with van der Waals surface area (Å²) in [5, 5.41) is 11.3. The van der Waals surface area contributed by atoms with E-state index in [0.29, 0.717) is 16.2 Å². The second-order valence-corrected chi connectivity index (χ2v) is 6.41. The van der Waals surface area contributed by atoms with Gasteiger partial charge in [0, 0.05) is 28.6 Å². The van der Waals surface area contributed by atoms with Crippen molar-refractivity contribution < 1.29 is 21.5 Å². The van der Waals surface area contributed by atoms with Crippen LogP contribution >= 0.6 is 11.6 Å². The summed E-state index contributed by atoms with van der Waals surface area (Å²) in [6.45, 7) is 0. The molecule has 2 aromatic carbocycles. The number of fused-ring (bicyclic) bond motifs is 1. The van der Waals surface area contributed by atoms with Crippen LogP contribution in [-0.4, -0.2) is 16.7 Å². The largest absolute Gasteiger partial charge is 0.507 e. The Morgan fingerprint density at radius 3 is 2.42 bits per heavy atom. The van der Waals surface area contributed by atoms with E-state index in [4.69, 9.17) is 18.5 Å². The maximum Gasteiger partial charge on any atom is 0.234 e. The number of benzene rings is 2. The first kappa shape index (κ1) is 11.9. The number of hydrogen-bond donors (Lipinski definition) is 1. The number of Topliss-reactive ketones (excluding diaryl/α,β-unsaturated/α-hetero) is 2. The maximum absolute atomic E-state index is 12.9. The first-order valence-corrected chi connectivity index (χ1v) is 8.38. The van der Waals surface area contributed by atoms with E-state index < -0.39 is 48.0 Å². The molecule has 0 amide bonds. The number of carbonyl (C=O) groups excluding carboxylic acids is 2. The first-order valence-electron chi connectivity index (χ1n) is 10.5. The number of hydrogen-bond acceptors (Lipinski definition) is 3. The average molecular weight is 370 g/mol. The smallest absolute Gasteiger partial charge is 0.234 e. The average Bonchev–Trinajstić information content (AvgIpc) is 2.70. The van der Waals surface area contributed by atoms with E-state index in [0.717, 1.165) is 6.08 Å². The summed E-state index contributed by atoms with van der Waals surface area (Å²) in [6.07, 6.45) is -4.68. The zero-order chi connectivity index (χ0) is 22.8. The van der Waals surface area contributed by atoms with Gasteiger partial charge >= 0.3 is 0 Å². The van der Waals surface area contributed by atoms with Crippen LogP contribution in [0.25, 0.3) is 11.3 Å². The predicted molar refractivity (Wildman–Crippen MR) is 102 cm³/mol. The van der Waals surface area contributed by atoms with E-state index in [1.807, 2.05) is 0 Å². The third kappa shape index (κ3) is 2.78. The Bertz CT molecular complexity index is 1180. The molecule has 2 aromatic rings. The Kier molecular flexibility index (Phi) is 3.00. The van der Waals surface area contributed by atoms with E-state index >= 15 is 0 Å². The lowest BCUT2D eigenvalue weighted by atomic mass is 9.76. The molecule has 0 radical (unpaired) electrons. The molecular weight excluding hydrogens is 348 g/mol. The molecule has 1 atom stereocenters. The summed E-state index contributed by atoms with van der Waals surface area (Å²) >= 11 is 5.90. The molecule has 130 valence electrons. The third-order valence-corrected chi connectivity index (χ3v) is 4.66. The van der Waals surface area contributed by atoms with Crippen LogP contribution in [0.4, 0.5) is 0 Å². The summed E-state index contributed by atoms with van der Waals surface area (Å²) in [4.78, 5) is 25.6. The van der Waals surface area contributed by atoms with Gasteiger partial charge in [-0.3, -0.25) is 9.59 Å². The van der Waals surface area contributed by atoms with Crippen LogP contribution in [-0.2, 0) is 4.79 Å². The SMILES string of the molecule is [2H]C1([2H])C=C(c2ccc(Cl)cc2)CC([2H])([2H])C1([2H])C1=C(O)c2ccccc2C(=O)C1=O. The van der Waals surface area contributed by atoms with E-state index in [1.54, 1.807) is 24.3 Å². The van der Waals surface area contributed by atoms with Crippen molar-refractivity contribution in [3.05, 3.63) is 81.9 Å². The highest BCUT2D eigenvalue weighted by atomic mass is 35.5. The second-order valence-electron chi connectivity index (χ2n) is 5.98. The molecule has 0 bridgehead atoms. The van der Waals surface area contributed by atoms with Crippen LogP contribution in [0.3, 0.4) is 0 Å². The number of ketones is 2. The zero-order valence-electron chi connectivity index (χ0n) is 18.5. The monoisotopic (exact) mass is 369 g/mol. The molecule has 1 N–H and O–H groups in total. The van der Waals surface area contributed by atoms with E-state index in [2.05, 4.69) is 0 Å². The van der Waals surface area contributed by atoms with Crippen molar-refractivity contribution in [3.63, 3.8) is 0 Å². The van der Waals surface area contributed by atoms with Gasteiger partial charge in [0.2, 0.25) is 11.6 Å². The lowest BCUT2D eigenvalue weighted by molar-refractivity contribution is -0.112. The highest BCUT2D eigenvalue weighted by Gasteiger charge is 2.37. The third-order valence-electron chi connectivity index (χ3n) is 4.41. The van der Waals surface area contributed by atoms with Crippen LogP contribution in [0.1, 0.15) is 47.5 Å². The molecule has 0 aliphatic heterocycles. The van der Waals surface area contributed by atoms with E-state index in [1.165, 1.54) is 24.3 Å². The van der Waals surface area contributed by atoms with Crippen molar-refractivity contribution in [1.82, 2.24) is 0 Å². The lowest BCUT2D eigenvalue weighted by Crippen LogP contribution is -2.28. The predicted octanol–water partition coefficient (Wildman–Crippen LogP) is 5.26. The van der Waals surface area contributed by atoms with Gasteiger partial charge in [0.1, 0.15) is 5.76 Å². The van der Waals surface area contributed by atoms with Gasteiger partial charge in [0.05, 0.1) is 0 Å². The van der Waals surface area contributed by atoms with Gasteiger partial charge in [-0.15, -0.1) is 0 Å². The van der Waals surface area contributed by atoms with Gasteiger partial charge < -0.3 is 5.11 Å². The fourth-order valence-corrected chi connectivity index (χ4v) is 3.18. The van der Waals surface area contributed by atoms with Gasteiger partial charge in [-0.05, 0) is 48.3 Å². The minimum atomic E-state index is -2.86. The van der Waals surface area contributed by atoms with Crippen LogP contribution in [0, 0.1) is 5.89 Å². The fraction of sp³-hybridized carbons (Fsp3) is 0.182. The molecule has 0 saturated heterocycles. The number of aliphatic hydroxyl groups is 1. The van der Waals surface area contributed by atoms with Crippen molar-refractivity contribution in [1.29, 1.82) is 0 Å². The highest BCUT2D eigenvalue weighted by molar-refractivity contribution is 6.52. The molecule has 0 spiro atoms. The number of rotatable bonds is 2. The normalized spacial score (nSPS) is 29.6. The molecule has 4 heteroatoms. The summed E-state index contributed by atoms with van der Waals surface area (Å²) in [5.41, 5.74) is -0.129. The second kappa shape index (κ2) is 6.58. The van der Waals surface area contributed by atoms with Gasteiger partial charge in [-0.1, -0.05) is 54.1 Å². The summed E-state index contributed by atoms with van der Waals surface area (Å²) in [5.74, 6) is -5.89. The fourth-order valence-electron chi connectivity index (χ4n) is 3.05. The molecule has 26 heavy (non-hydrogen) atoms. The molecule has 0 fully saturated rings. The number of aliphatic hydroxyl groups excluding tert-OH is 1. The van der Waals surface area contributed by atoms with Crippen molar-refractivity contribution in [2.45, 2.75) is 19.2 Å². The van der Waals surface area contributed by atoms with Gasteiger partial charge in [0.25, 0.3) is 0 Å². The standard InChI is InChI=1S/C22H17ClO3/c23-16-11-9-14(10-12-16)13-5-7-15(8-6-13)19-20(24)17-3-1-2-4-18(17)21(25)22(19)26/h1-5,9-12,15,24H,6-8H2/i7D2,8D2,15D. The van der Waals surface area contributed by atoms with Crippen LogP contribution in [0.5, 0.6) is 0 Å². The quantitative estimate of drug-likeness (QED) is 0.735. The van der Waals surface area contributed by atoms with E-state index in [9.17, 15) is 14.7 Å². The molecule has 2 aliphatic rings. The Labute approximate surface area is 163 Å². The first-order chi connectivity index (χ1) is 14.4. The number of halogens is 1. The van der Waals surface area contributed by atoms with Gasteiger partial charge in [-0.2, -0.15) is 0 Å². The van der Waals surface area contributed by atoms with Crippen LogP contribution < -0.4 is 0 Å². The van der Waals surface area contributed by atoms with Crippen molar-refractivity contribution >= 4 is 34.5 Å². The Hall–Kier alpha value is -2.65. The highest BCUT2D eigenvalue weighted by Crippen LogP contribution is 2.39. The molecule has 2 aliphatic carbocycles. The topological polar surface area (TPSA) is 54.4 Å². The summed E-state index contributed by atoms with van der Waals surface area (Å²) < 4.78 is 43.2. The number of carbonyl (C=O) groups is 2. The molecule has 4 rings (SSSR count). The maximum atomic E-state index is 12.9. The van der Waals surface area contributed by atoms with Crippen molar-refractivity contribution in [2.75, 3.05) is 0 Å². The van der Waals surface area contributed by atoms with Gasteiger partial charge in [-0.25, -0.2) is 0 Å². The van der Waals surface area contributed by atoms with Gasteiger partial charge in [0.15, 0.2) is 0 Å².